The zero-order valence-corrected chi connectivity index (χ0v) is 31.4. The molecule has 57 heavy (non-hydrogen) atoms. The number of piperidine rings is 1. The standard InChI is InChI=1S/C41H44FN11O4/c42-27-5-1-4-26(19-27)33-7-3-13-51(33)36-24-52-41(46-36)45-32(20-43-52)31-6-2-8-35(44-31)50-16-14-49(15-17-50)28-22-48(23-28)21-25-9-10-29-30(18-25)40(57)53(39(29)56)34-11-12-37(54)47-38(34)55/h1-2,4-6,8-10,18-19,24,28,32-34,43H,3,7,11-17,20-23H2,(H,45,46)(H,47,54,55)/t32?,33-,34?/m1/s1. The van der Waals surface area contributed by atoms with Gasteiger partial charge in [-0.05, 0) is 66.8 Å². The molecule has 0 spiro atoms. The van der Waals surface area contributed by atoms with E-state index < -0.39 is 23.8 Å². The monoisotopic (exact) mass is 773 g/mol. The van der Waals surface area contributed by atoms with Crippen molar-refractivity contribution in [1.29, 1.82) is 0 Å². The number of nitrogens with zero attached hydrogens (tertiary/aromatic N) is 8. The molecule has 4 fully saturated rings. The molecule has 3 N–H and O–H groups in total. The van der Waals surface area contributed by atoms with E-state index in [1.807, 2.05) is 23.0 Å². The lowest BCUT2D eigenvalue weighted by atomic mass is 10.0. The minimum atomic E-state index is -0.966. The quantitative estimate of drug-likeness (QED) is 0.226. The summed E-state index contributed by atoms with van der Waals surface area (Å²) in [4.78, 5) is 71.0. The number of imidazole rings is 1. The highest BCUT2D eigenvalue weighted by Crippen LogP contribution is 2.37. The van der Waals surface area contributed by atoms with E-state index in [-0.39, 0.29) is 36.6 Å². The first-order valence-electron chi connectivity index (χ1n) is 19.9. The molecule has 4 aromatic rings. The highest BCUT2D eigenvalue weighted by atomic mass is 19.1. The maximum absolute atomic E-state index is 14.0. The Bertz CT molecular complexity index is 2270. The molecule has 8 heterocycles. The Morgan fingerprint density at radius 1 is 0.807 bits per heavy atom. The van der Waals surface area contributed by atoms with Gasteiger partial charge in [0.1, 0.15) is 17.7 Å². The number of carbonyl (C=O) groups is 4. The third-order valence-electron chi connectivity index (χ3n) is 12.4. The minimum Gasteiger partial charge on any atom is -0.354 e. The van der Waals surface area contributed by atoms with Crippen LogP contribution in [-0.2, 0) is 16.1 Å². The second-order valence-electron chi connectivity index (χ2n) is 15.9. The van der Waals surface area contributed by atoms with E-state index in [4.69, 9.17) is 9.97 Å². The van der Waals surface area contributed by atoms with Gasteiger partial charge in [0, 0.05) is 64.8 Å². The molecule has 6 aliphatic rings. The molecule has 4 amide bonds. The van der Waals surface area contributed by atoms with Crippen molar-refractivity contribution in [3.05, 3.63) is 101 Å². The molecule has 15 nitrogen and oxygen atoms in total. The highest BCUT2D eigenvalue weighted by molar-refractivity contribution is 6.23. The number of hydrogen-bond acceptors (Lipinski definition) is 12. The summed E-state index contributed by atoms with van der Waals surface area (Å²) in [6.07, 6.45) is 4.24. The van der Waals surface area contributed by atoms with Crippen molar-refractivity contribution in [3.63, 3.8) is 0 Å². The van der Waals surface area contributed by atoms with Crippen molar-refractivity contribution in [2.24, 2.45) is 0 Å². The Balaban J connectivity index is 0.717. The topological polar surface area (TPSA) is 151 Å². The number of carbonyl (C=O) groups excluding carboxylic acids is 4. The van der Waals surface area contributed by atoms with Gasteiger partial charge in [0.25, 0.3) is 11.8 Å². The van der Waals surface area contributed by atoms with Crippen LogP contribution in [0.25, 0.3) is 0 Å². The van der Waals surface area contributed by atoms with Gasteiger partial charge >= 0.3 is 0 Å². The van der Waals surface area contributed by atoms with Crippen LogP contribution < -0.4 is 25.9 Å². The summed E-state index contributed by atoms with van der Waals surface area (Å²) in [5, 5.41) is 5.84. The van der Waals surface area contributed by atoms with Crippen LogP contribution in [0.15, 0.2) is 66.9 Å². The van der Waals surface area contributed by atoms with Crippen LogP contribution in [0, 0.1) is 5.82 Å². The summed E-state index contributed by atoms with van der Waals surface area (Å²) in [5.74, 6) is 0.395. The first-order chi connectivity index (χ1) is 27.8. The van der Waals surface area contributed by atoms with Crippen LogP contribution in [-0.4, -0.2) is 117 Å². The summed E-state index contributed by atoms with van der Waals surface area (Å²) in [6, 6.07) is 18.0. The van der Waals surface area contributed by atoms with Crippen molar-refractivity contribution < 1.29 is 23.6 Å². The van der Waals surface area contributed by atoms with Gasteiger partial charge in [-0.2, -0.15) is 4.98 Å². The second kappa shape index (κ2) is 14.3. The molecular formula is C41H44FN11O4. The smallest absolute Gasteiger partial charge is 0.262 e. The summed E-state index contributed by atoms with van der Waals surface area (Å²) in [5.41, 5.74) is 6.98. The Hall–Kier alpha value is -5.87. The Labute approximate surface area is 328 Å². The molecule has 294 valence electrons. The van der Waals surface area contributed by atoms with Crippen molar-refractivity contribution in [2.75, 3.05) is 72.9 Å². The van der Waals surface area contributed by atoms with Gasteiger partial charge in [0.05, 0.1) is 41.6 Å². The summed E-state index contributed by atoms with van der Waals surface area (Å²) in [7, 11) is 0. The fourth-order valence-corrected chi connectivity index (χ4v) is 9.31. The van der Waals surface area contributed by atoms with Crippen LogP contribution >= 0.6 is 0 Å². The number of fused-ring (bicyclic) bond motifs is 2. The fourth-order valence-electron chi connectivity index (χ4n) is 9.31. The lowest BCUT2D eigenvalue weighted by Crippen LogP contribution is -2.62. The zero-order valence-electron chi connectivity index (χ0n) is 31.4. The Morgan fingerprint density at radius 2 is 1.63 bits per heavy atom. The molecule has 2 aromatic heterocycles. The second-order valence-corrected chi connectivity index (χ2v) is 15.9. The number of likely N-dealkylation sites (tertiary alicyclic amines) is 1. The van der Waals surface area contributed by atoms with Crippen LogP contribution in [0.3, 0.4) is 0 Å². The van der Waals surface area contributed by atoms with Crippen molar-refractivity contribution in [3.8, 4) is 0 Å². The van der Waals surface area contributed by atoms with Gasteiger partial charge in [0.15, 0.2) is 5.82 Å². The number of anilines is 3. The molecule has 0 aliphatic carbocycles. The van der Waals surface area contributed by atoms with Gasteiger partial charge in [-0.3, -0.25) is 39.2 Å². The van der Waals surface area contributed by atoms with Gasteiger partial charge in [-0.15, -0.1) is 0 Å². The first kappa shape index (κ1) is 35.5. The lowest BCUT2D eigenvalue weighted by molar-refractivity contribution is -0.136. The van der Waals surface area contributed by atoms with E-state index >= 15 is 0 Å². The molecule has 0 bridgehead atoms. The van der Waals surface area contributed by atoms with Gasteiger partial charge in [0.2, 0.25) is 17.8 Å². The van der Waals surface area contributed by atoms with E-state index in [2.05, 4.69) is 53.9 Å². The fraction of sp³-hybridized carbons (Fsp3) is 0.415. The van der Waals surface area contributed by atoms with E-state index in [1.165, 1.54) is 6.07 Å². The number of benzene rings is 2. The molecule has 2 unspecified atom stereocenters. The third kappa shape index (κ3) is 6.55. The van der Waals surface area contributed by atoms with Crippen LogP contribution in [0.5, 0.6) is 0 Å². The summed E-state index contributed by atoms with van der Waals surface area (Å²) >= 11 is 0. The number of nitrogens with one attached hydrogen (secondary N) is 3. The number of aromatic nitrogens is 3. The summed E-state index contributed by atoms with van der Waals surface area (Å²) in [6.45, 7) is 7.66. The van der Waals surface area contributed by atoms with E-state index in [9.17, 15) is 23.6 Å². The van der Waals surface area contributed by atoms with Crippen molar-refractivity contribution in [1.82, 2.24) is 34.7 Å². The van der Waals surface area contributed by atoms with Crippen LogP contribution in [0.2, 0.25) is 0 Å². The summed E-state index contributed by atoms with van der Waals surface area (Å²) < 4.78 is 16.0. The Morgan fingerprint density at radius 3 is 2.46 bits per heavy atom. The molecule has 0 saturated carbocycles. The lowest BCUT2D eigenvalue weighted by Gasteiger charge is -2.48. The predicted molar refractivity (Wildman–Crippen MR) is 209 cm³/mol. The molecule has 6 aliphatic heterocycles. The van der Waals surface area contributed by atoms with Crippen LogP contribution in [0.4, 0.5) is 22.0 Å². The van der Waals surface area contributed by atoms with Crippen molar-refractivity contribution >= 4 is 41.2 Å². The van der Waals surface area contributed by atoms with Crippen molar-refractivity contribution in [2.45, 2.75) is 56.4 Å². The molecule has 16 heteroatoms. The number of imide groups is 2. The first-order valence-corrected chi connectivity index (χ1v) is 19.9. The number of pyridine rings is 1. The number of amides is 4. The van der Waals surface area contributed by atoms with E-state index in [1.54, 1.807) is 24.3 Å². The average Bonchev–Trinajstić information content (AvgIpc) is 3.93. The largest absolute Gasteiger partial charge is 0.354 e. The molecular weight excluding hydrogens is 730 g/mol. The number of halogens is 1. The van der Waals surface area contributed by atoms with Crippen LogP contribution in [0.1, 0.15) is 75.3 Å². The van der Waals surface area contributed by atoms with Gasteiger partial charge in [-0.25, -0.2) is 14.1 Å². The average molecular weight is 774 g/mol. The normalized spacial score (nSPS) is 24.2. The number of piperazine rings is 1. The molecule has 2 aromatic carbocycles. The van der Waals surface area contributed by atoms with Gasteiger partial charge < -0.3 is 20.5 Å². The number of rotatable bonds is 8. The predicted octanol–water partition coefficient (Wildman–Crippen LogP) is 2.88. The maximum atomic E-state index is 14.0. The van der Waals surface area contributed by atoms with E-state index in [0.29, 0.717) is 30.3 Å². The Kier molecular flexibility index (Phi) is 8.89. The molecule has 10 rings (SSSR count). The minimum absolute atomic E-state index is 0.0545. The number of hydrogen-bond donors (Lipinski definition) is 3. The molecule has 3 atom stereocenters. The highest BCUT2D eigenvalue weighted by Gasteiger charge is 2.45. The van der Waals surface area contributed by atoms with E-state index in [0.717, 1.165) is 98.0 Å². The zero-order chi connectivity index (χ0) is 38.8. The third-order valence-corrected chi connectivity index (χ3v) is 12.4. The SMILES string of the molecule is O=C1CCC(N2C(=O)c3ccc(CN4CC(N5CCN(c6cccc(C7CNn8cc(N9CCC[C@@H]9c9cccc(F)c9)nc8N7)n6)CC5)C4)cc3C2=O)C(=O)N1. The molecule has 4 saturated heterocycles. The van der Waals surface area contributed by atoms with Gasteiger partial charge in [-0.1, -0.05) is 24.3 Å². The molecule has 0 radical (unpaired) electrons. The maximum Gasteiger partial charge on any atom is 0.262 e.